The van der Waals surface area contributed by atoms with E-state index in [-0.39, 0.29) is 11.6 Å². The summed E-state index contributed by atoms with van der Waals surface area (Å²) in [6.45, 7) is 10.8. The van der Waals surface area contributed by atoms with Gasteiger partial charge in [-0.1, -0.05) is 32.0 Å². The fourth-order valence-electron chi connectivity index (χ4n) is 2.20. The van der Waals surface area contributed by atoms with Crippen molar-refractivity contribution in [1.82, 2.24) is 5.32 Å². The Balaban J connectivity index is 1.89. The minimum absolute atomic E-state index is 0.0757. The maximum absolute atomic E-state index is 5.94. The predicted octanol–water partition coefficient (Wildman–Crippen LogP) is 2.96. The molecular formula is C16H25NO2. The fraction of sp³-hybridized carbons (Fsp3) is 0.625. The summed E-state index contributed by atoms with van der Waals surface area (Å²) < 4.78 is 11.8. The second-order valence-corrected chi connectivity index (χ2v) is 6.20. The first kappa shape index (κ1) is 14.4. The maximum Gasteiger partial charge on any atom is 0.122 e. The molecule has 106 valence electrons. The van der Waals surface area contributed by atoms with E-state index in [4.69, 9.17) is 9.47 Å². The zero-order valence-corrected chi connectivity index (χ0v) is 12.4. The molecule has 1 fully saturated rings. The highest BCUT2D eigenvalue weighted by Crippen LogP contribution is 2.26. The van der Waals surface area contributed by atoms with Crippen molar-refractivity contribution in [2.45, 2.75) is 45.3 Å². The average Bonchev–Trinajstić information content (AvgIpc) is 2.38. The number of rotatable bonds is 4. The van der Waals surface area contributed by atoms with Crippen molar-refractivity contribution in [1.29, 1.82) is 0 Å². The first-order chi connectivity index (χ1) is 8.98. The third-order valence-electron chi connectivity index (χ3n) is 3.45. The Morgan fingerprint density at radius 1 is 1.37 bits per heavy atom. The summed E-state index contributed by atoms with van der Waals surface area (Å²) in [7, 11) is 0. The maximum atomic E-state index is 5.94. The highest BCUT2D eigenvalue weighted by molar-refractivity contribution is 5.35. The van der Waals surface area contributed by atoms with E-state index < -0.39 is 0 Å². The molecule has 1 N–H and O–H groups in total. The molecule has 3 nitrogen and oxygen atoms in total. The molecule has 2 rings (SSSR count). The highest BCUT2D eigenvalue weighted by atomic mass is 16.5. The number of para-hydroxylation sites is 1. The van der Waals surface area contributed by atoms with Crippen LogP contribution in [0.25, 0.3) is 0 Å². The van der Waals surface area contributed by atoms with E-state index >= 15 is 0 Å². The third-order valence-corrected chi connectivity index (χ3v) is 3.45. The van der Waals surface area contributed by atoms with Crippen LogP contribution in [0, 0.1) is 0 Å². The molecule has 1 aliphatic heterocycles. The minimum atomic E-state index is 0.0757. The monoisotopic (exact) mass is 263 g/mol. The van der Waals surface area contributed by atoms with E-state index in [1.165, 1.54) is 5.56 Å². The van der Waals surface area contributed by atoms with Crippen molar-refractivity contribution in [2.75, 3.05) is 19.8 Å². The molecule has 1 aliphatic rings. The molecule has 0 spiro atoms. The first-order valence-electron chi connectivity index (χ1n) is 7.06. The second kappa shape index (κ2) is 5.93. The molecule has 0 amide bonds. The fourth-order valence-corrected chi connectivity index (χ4v) is 2.20. The van der Waals surface area contributed by atoms with Gasteiger partial charge in [-0.2, -0.15) is 0 Å². The molecule has 1 heterocycles. The van der Waals surface area contributed by atoms with Crippen molar-refractivity contribution >= 4 is 0 Å². The molecular weight excluding hydrogens is 238 g/mol. The zero-order chi connectivity index (χ0) is 13.9. The lowest BCUT2D eigenvalue weighted by Gasteiger charge is -2.35. The van der Waals surface area contributed by atoms with Gasteiger partial charge in [0.25, 0.3) is 0 Å². The van der Waals surface area contributed by atoms with Crippen LogP contribution in [0.4, 0.5) is 0 Å². The van der Waals surface area contributed by atoms with Gasteiger partial charge in [0, 0.05) is 12.1 Å². The van der Waals surface area contributed by atoms with Crippen molar-refractivity contribution in [2.24, 2.45) is 0 Å². The molecule has 3 heteroatoms. The van der Waals surface area contributed by atoms with Gasteiger partial charge < -0.3 is 14.8 Å². The molecule has 1 aromatic carbocycles. The molecule has 1 saturated heterocycles. The summed E-state index contributed by atoms with van der Waals surface area (Å²) in [5.74, 6) is 1.45. The molecule has 0 aliphatic carbocycles. The van der Waals surface area contributed by atoms with Gasteiger partial charge in [0.15, 0.2) is 0 Å². The normalized spacial score (nSPS) is 22.5. The first-order valence-corrected chi connectivity index (χ1v) is 7.06. The largest absolute Gasteiger partial charge is 0.491 e. The van der Waals surface area contributed by atoms with Gasteiger partial charge in [-0.15, -0.1) is 0 Å². The number of nitrogens with one attached hydrogen (secondary N) is 1. The van der Waals surface area contributed by atoms with Gasteiger partial charge in [0.05, 0.1) is 6.61 Å². The van der Waals surface area contributed by atoms with Crippen molar-refractivity contribution < 1.29 is 9.47 Å². The number of benzene rings is 1. The topological polar surface area (TPSA) is 30.5 Å². The van der Waals surface area contributed by atoms with Crippen LogP contribution in [0.15, 0.2) is 24.3 Å². The average molecular weight is 263 g/mol. The van der Waals surface area contributed by atoms with Crippen molar-refractivity contribution in [3.63, 3.8) is 0 Å². The molecule has 0 radical (unpaired) electrons. The van der Waals surface area contributed by atoms with Gasteiger partial charge in [-0.25, -0.2) is 0 Å². The molecule has 19 heavy (non-hydrogen) atoms. The Hall–Kier alpha value is -1.06. The number of hydrogen-bond donors (Lipinski definition) is 1. The number of hydrogen-bond acceptors (Lipinski definition) is 3. The van der Waals surface area contributed by atoms with Crippen LogP contribution in [0.3, 0.4) is 0 Å². The van der Waals surface area contributed by atoms with Crippen LogP contribution in [-0.2, 0) is 4.74 Å². The molecule has 0 bridgehead atoms. The molecule has 0 saturated carbocycles. The lowest BCUT2D eigenvalue weighted by Crippen LogP contribution is -2.54. The van der Waals surface area contributed by atoms with Crippen molar-refractivity contribution in [3.8, 4) is 5.75 Å². The highest BCUT2D eigenvalue weighted by Gasteiger charge is 2.27. The van der Waals surface area contributed by atoms with E-state index in [1.54, 1.807) is 0 Å². The molecule has 1 aromatic rings. The lowest BCUT2D eigenvalue weighted by molar-refractivity contribution is -0.0413. The van der Waals surface area contributed by atoms with Crippen LogP contribution >= 0.6 is 0 Å². The Labute approximate surface area is 116 Å². The van der Waals surface area contributed by atoms with E-state index in [0.717, 1.165) is 18.9 Å². The summed E-state index contributed by atoms with van der Waals surface area (Å²) >= 11 is 0. The smallest absolute Gasteiger partial charge is 0.122 e. The van der Waals surface area contributed by atoms with Crippen LogP contribution in [-0.4, -0.2) is 31.4 Å². The zero-order valence-electron chi connectivity index (χ0n) is 12.4. The van der Waals surface area contributed by atoms with Crippen molar-refractivity contribution in [3.05, 3.63) is 29.8 Å². The summed E-state index contributed by atoms with van der Waals surface area (Å²) in [4.78, 5) is 0. The van der Waals surface area contributed by atoms with E-state index in [1.807, 2.05) is 12.1 Å². The van der Waals surface area contributed by atoms with Gasteiger partial charge in [0.2, 0.25) is 0 Å². The van der Waals surface area contributed by atoms with Crippen LogP contribution in [0.2, 0.25) is 0 Å². The minimum Gasteiger partial charge on any atom is -0.491 e. The third kappa shape index (κ3) is 3.95. The van der Waals surface area contributed by atoms with Gasteiger partial charge >= 0.3 is 0 Å². The van der Waals surface area contributed by atoms with Gasteiger partial charge in [-0.3, -0.25) is 0 Å². The second-order valence-electron chi connectivity index (χ2n) is 6.20. The SMILES string of the molecule is CC(C)c1ccccc1OCC1CNC(C)(C)CO1. The molecule has 1 unspecified atom stereocenters. The van der Waals surface area contributed by atoms with Gasteiger partial charge in [-0.05, 0) is 31.4 Å². The Morgan fingerprint density at radius 3 is 2.74 bits per heavy atom. The molecule has 1 atom stereocenters. The van der Waals surface area contributed by atoms with E-state index in [2.05, 4.69) is 45.1 Å². The summed E-state index contributed by atoms with van der Waals surface area (Å²) in [5.41, 5.74) is 1.33. The Morgan fingerprint density at radius 2 is 2.11 bits per heavy atom. The summed E-state index contributed by atoms with van der Waals surface area (Å²) in [6, 6.07) is 8.24. The van der Waals surface area contributed by atoms with E-state index in [9.17, 15) is 0 Å². The van der Waals surface area contributed by atoms with Crippen LogP contribution < -0.4 is 10.1 Å². The Bertz CT molecular complexity index is 405. The predicted molar refractivity (Wildman–Crippen MR) is 77.8 cm³/mol. The lowest BCUT2D eigenvalue weighted by atomic mass is 10.0. The number of morpholine rings is 1. The standard InChI is InChI=1S/C16H25NO2/c1-12(2)14-7-5-6-8-15(14)18-10-13-9-17-16(3,4)11-19-13/h5-8,12-13,17H,9-11H2,1-4H3. The Kier molecular flexibility index (Phi) is 4.48. The molecule has 0 aromatic heterocycles. The summed E-state index contributed by atoms with van der Waals surface area (Å²) in [5, 5.41) is 3.48. The van der Waals surface area contributed by atoms with Gasteiger partial charge in [0.1, 0.15) is 18.5 Å². The quantitative estimate of drug-likeness (QED) is 0.906. The van der Waals surface area contributed by atoms with Crippen LogP contribution in [0.1, 0.15) is 39.2 Å². The summed E-state index contributed by atoms with van der Waals surface area (Å²) in [6.07, 6.45) is 0.133. The number of ether oxygens (including phenoxy) is 2. The van der Waals surface area contributed by atoms with Crippen LogP contribution in [0.5, 0.6) is 5.75 Å². The van der Waals surface area contributed by atoms with E-state index in [0.29, 0.717) is 12.5 Å².